The van der Waals surface area contributed by atoms with Crippen LogP contribution in [-0.4, -0.2) is 31.7 Å². The van der Waals surface area contributed by atoms with E-state index in [1.807, 2.05) is 6.07 Å². The fraction of sp³-hybridized carbons (Fsp3) is 0.143. The van der Waals surface area contributed by atoms with Crippen molar-refractivity contribution in [1.82, 2.24) is 25.1 Å². The van der Waals surface area contributed by atoms with E-state index in [-0.39, 0.29) is 0 Å². The molecule has 0 saturated heterocycles. The lowest BCUT2D eigenvalue weighted by Gasteiger charge is -2.15. The van der Waals surface area contributed by atoms with E-state index in [1.54, 1.807) is 18.6 Å². The van der Waals surface area contributed by atoms with Crippen molar-refractivity contribution in [2.75, 3.05) is 17.2 Å². The van der Waals surface area contributed by atoms with Crippen LogP contribution >= 0.6 is 0 Å². The van der Waals surface area contributed by atoms with Crippen LogP contribution in [0.5, 0.6) is 0 Å². The molecular weight excluding hydrogens is 434 g/mol. The molecule has 1 aliphatic rings. The van der Waals surface area contributed by atoms with Gasteiger partial charge in [0, 0.05) is 29.4 Å². The Morgan fingerprint density at radius 3 is 2.83 bits per heavy atom. The van der Waals surface area contributed by atoms with Gasteiger partial charge in [0.2, 0.25) is 0 Å². The number of benzene rings is 2. The fourth-order valence-corrected chi connectivity index (χ4v) is 4.57. The van der Waals surface area contributed by atoms with Gasteiger partial charge in [-0.15, -0.1) is 0 Å². The molecular formula is C28H25N7. The number of fused-ring (bicyclic) bond motifs is 9. The van der Waals surface area contributed by atoms with Crippen molar-refractivity contribution in [1.29, 1.82) is 0 Å². The lowest BCUT2D eigenvalue weighted by atomic mass is 9.96. The van der Waals surface area contributed by atoms with E-state index >= 15 is 0 Å². The van der Waals surface area contributed by atoms with Crippen molar-refractivity contribution < 1.29 is 0 Å². The SMILES string of the molecule is C=C1Nc2cccc(c2C)-c2cccc(c2)CCCNc2cncc(n2)-c2cnc3n[nH]c1c3c2. The van der Waals surface area contributed by atoms with Crippen LogP contribution in [-0.2, 0) is 6.42 Å². The molecule has 5 aromatic rings. The van der Waals surface area contributed by atoms with E-state index in [4.69, 9.17) is 4.98 Å². The highest BCUT2D eigenvalue weighted by Crippen LogP contribution is 2.32. The zero-order chi connectivity index (χ0) is 23.8. The lowest BCUT2D eigenvalue weighted by Crippen LogP contribution is -2.05. The second kappa shape index (κ2) is 8.68. The number of nitrogens with one attached hydrogen (secondary N) is 3. The quantitative estimate of drug-likeness (QED) is 0.270. The summed E-state index contributed by atoms with van der Waals surface area (Å²) >= 11 is 0. The number of aromatic amines is 1. The van der Waals surface area contributed by atoms with Gasteiger partial charge in [-0.3, -0.25) is 10.1 Å². The number of aryl methyl sites for hydroxylation is 1. The Labute approximate surface area is 203 Å². The summed E-state index contributed by atoms with van der Waals surface area (Å²) in [6, 6.07) is 17.1. The van der Waals surface area contributed by atoms with Gasteiger partial charge in [-0.05, 0) is 54.2 Å². The molecule has 7 heteroatoms. The Bertz CT molecular complexity index is 1570. The summed E-state index contributed by atoms with van der Waals surface area (Å²) in [6.07, 6.45) is 7.25. The number of pyridine rings is 1. The first kappa shape index (κ1) is 21.0. The third-order valence-electron chi connectivity index (χ3n) is 6.45. The van der Waals surface area contributed by atoms with Crippen molar-refractivity contribution in [2.45, 2.75) is 19.8 Å². The van der Waals surface area contributed by atoms with Crippen LogP contribution in [0.15, 0.2) is 73.7 Å². The number of nitrogens with zero attached hydrogens (tertiary/aromatic N) is 4. The highest BCUT2D eigenvalue weighted by atomic mass is 15.2. The zero-order valence-electron chi connectivity index (χ0n) is 19.5. The van der Waals surface area contributed by atoms with Gasteiger partial charge in [-0.1, -0.05) is 43.0 Å². The van der Waals surface area contributed by atoms with Crippen LogP contribution < -0.4 is 10.6 Å². The number of hydrogen-bond donors (Lipinski definition) is 3. The van der Waals surface area contributed by atoms with Gasteiger partial charge in [0.1, 0.15) is 5.82 Å². The molecule has 0 fully saturated rings. The van der Waals surface area contributed by atoms with E-state index in [0.717, 1.165) is 58.9 Å². The van der Waals surface area contributed by atoms with Crippen LogP contribution in [0, 0.1) is 6.92 Å². The highest BCUT2D eigenvalue weighted by Gasteiger charge is 2.14. The lowest BCUT2D eigenvalue weighted by molar-refractivity contribution is 0.858. The van der Waals surface area contributed by atoms with Gasteiger partial charge in [0.15, 0.2) is 5.65 Å². The van der Waals surface area contributed by atoms with Crippen molar-refractivity contribution >= 4 is 28.2 Å². The second-order valence-corrected chi connectivity index (χ2v) is 8.80. The van der Waals surface area contributed by atoms with Crippen LogP contribution in [0.25, 0.3) is 39.1 Å². The van der Waals surface area contributed by atoms with Crippen molar-refractivity contribution in [3.8, 4) is 22.4 Å². The highest BCUT2D eigenvalue weighted by molar-refractivity contribution is 5.93. The minimum atomic E-state index is 0.627. The molecule has 0 amide bonds. The first-order valence-corrected chi connectivity index (χ1v) is 11.7. The molecule has 0 unspecified atom stereocenters. The fourth-order valence-electron chi connectivity index (χ4n) is 4.57. The van der Waals surface area contributed by atoms with Crippen LogP contribution in [0.1, 0.15) is 23.2 Å². The molecule has 2 aromatic carbocycles. The Morgan fingerprint density at radius 1 is 0.971 bits per heavy atom. The normalized spacial score (nSPS) is 13.5. The van der Waals surface area contributed by atoms with Crippen LogP contribution in [0.2, 0.25) is 0 Å². The smallest absolute Gasteiger partial charge is 0.181 e. The molecule has 7 nitrogen and oxygen atoms in total. The molecule has 8 bridgehead atoms. The van der Waals surface area contributed by atoms with Crippen molar-refractivity contribution in [3.05, 3.63) is 90.5 Å². The molecule has 35 heavy (non-hydrogen) atoms. The third-order valence-corrected chi connectivity index (χ3v) is 6.45. The van der Waals surface area contributed by atoms with E-state index in [1.165, 1.54) is 22.3 Å². The van der Waals surface area contributed by atoms with E-state index < -0.39 is 0 Å². The number of H-pyrrole nitrogens is 1. The van der Waals surface area contributed by atoms with Gasteiger partial charge in [-0.2, -0.15) is 5.10 Å². The summed E-state index contributed by atoms with van der Waals surface area (Å²) in [4.78, 5) is 13.7. The number of rotatable bonds is 0. The molecule has 0 spiro atoms. The molecule has 3 N–H and O–H groups in total. The minimum Gasteiger partial charge on any atom is -0.369 e. The predicted octanol–water partition coefficient (Wildman–Crippen LogP) is 5.83. The molecule has 0 saturated carbocycles. The van der Waals surface area contributed by atoms with Crippen molar-refractivity contribution in [2.24, 2.45) is 0 Å². The monoisotopic (exact) mass is 459 g/mol. The zero-order valence-corrected chi connectivity index (χ0v) is 19.5. The first-order chi connectivity index (χ1) is 17.2. The molecule has 172 valence electrons. The number of hydrogen-bond acceptors (Lipinski definition) is 6. The van der Waals surface area contributed by atoms with Gasteiger partial charge < -0.3 is 10.6 Å². The van der Waals surface area contributed by atoms with Gasteiger partial charge in [0.25, 0.3) is 0 Å². The molecule has 0 radical (unpaired) electrons. The minimum absolute atomic E-state index is 0.627. The Balaban J connectivity index is 1.48. The summed E-state index contributed by atoms with van der Waals surface area (Å²) in [7, 11) is 0. The van der Waals surface area contributed by atoms with Crippen molar-refractivity contribution in [3.63, 3.8) is 0 Å². The average molecular weight is 460 g/mol. The number of aromatic nitrogens is 5. The summed E-state index contributed by atoms with van der Waals surface area (Å²) in [6.45, 7) is 7.25. The Hall–Kier alpha value is -4.52. The Kier molecular flexibility index (Phi) is 5.22. The summed E-state index contributed by atoms with van der Waals surface area (Å²) in [5, 5.41) is 15.3. The molecule has 0 atom stereocenters. The van der Waals surface area contributed by atoms with Crippen LogP contribution in [0.4, 0.5) is 11.5 Å². The topological polar surface area (TPSA) is 91.4 Å². The third kappa shape index (κ3) is 4.01. The number of anilines is 2. The van der Waals surface area contributed by atoms with E-state index in [0.29, 0.717) is 5.65 Å². The van der Waals surface area contributed by atoms with Gasteiger partial charge in [-0.25, -0.2) is 9.97 Å². The summed E-state index contributed by atoms with van der Waals surface area (Å²) in [5.74, 6) is 0.749. The largest absolute Gasteiger partial charge is 0.369 e. The van der Waals surface area contributed by atoms with E-state index in [2.05, 4.69) is 86.8 Å². The predicted molar refractivity (Wildman–Crippen MR) is 141 cm³/mol. The van der Waals surface area contributed by atoms with Crippen LogP contribution in [0.3, 0.4) is 0 Å². The summed E-state index contributed by atoms with van der Waals surface area (Å²) < 4.78 is 0. The van der Waals surface area contributed by atoms with Gasteiger partial charge in [0.05, 0.1) is 29.5 Å². The van der Waals surface area contributed by atoms with E-state index in [9.17, 15) is 0 Å². The van der Waals surface area contributed by atoms with Gasteiger partial charge >= 0.3 is 0 Å². The molecule has 1 aliphatic heterocycles. The molecule has 4 heterocycles. The maximum absolute atomic E-state index is 4.76. The Morgan fingerprint density at radius 2 is 1.89 bits per heavy atom. The molecule has 0 aliphatic carbocycles. The second-order valence-electron chi connectivity index (χ2n) is 8.80. The molecule has 3 aromatic heterocycles. The first-order valence-electron chi connectivity index (χ1n) is 11.7. The standard InChI is InChI=1S/C28H25N7/c1-17-22-9-4-10-24(17)32-18(2)27-23-13-21(14-31-28(23)35-34-27)25-15-29-16-26(33-25)30-11-5-7-19-6-3-8-20(22)12-19/h3-4,6,8-10,12-16,32H,2,5,7,11H2,1H3,(H,30,33)(H,31,34,35). The average Bonchev–Trinajstić information content (AvgIpc) is 3.31. The summed E-state index contributed by atoms with van der Waals surface area (Å²) in [5.41, 5.74) is 9.66. The maximum Gasteiger partial charge on any atom is 0.181 e. The maximum atomic E-state index is 4.76. The molecule has 6 rings (SSSR count).